The van der Waals surface area contributed by atoms with Crippen molar-refractivity contribution in [3.8, 4) is 0 Å². The normalized spacial score (nSPS) is 14.7. The summed E-state index contributed by atoms with van der Waals surface area (Å²) in [7, 11) is 0. The summed E-state index contributed by atoms with van der Waals surface area (Å²) in [5.74, 6) is -8.55. The number of aliphatic carboxylic acids is 1. The molecule has 0 spiro atoms. The summed E-state index contributed by atoms with van der Waals surface area (Å²) < 4.78 is 0. The Kier molecular flexibility index (Phi) is 25.3. The van der Waals surface area contributed by atoms with Crippen LogP contribution in [0.2, 0.25) is 0 Å². The van der Waals surface area contributed by atoms with Crippen LogP contribution >= 0.6 is 12.6 Å². The van der Waals surface area contributed by atoms with E-state index in [1.165, 1.54) is 6.92 Å². The zero-order valence-electron chi connectivity index (χ0n) is 42.4. The lowest BCUT2D eigenvalue weighted by Crippen LogP contribution is -2.61. The maximum Gasteiger partial charge on any atom is 0.328 e. The number of nitrogens with one attached hydrogen (secondary N) is 8. The number of fused-ring (bicyclic) bond motifs is 1. The molecule has 0 radical (unpaired) electrons. The number of para-hydroxylation sites is 1. The van der Waals surface area contributed by atoms with Gasteiger partial charge >= 0.3 is 5.97 Å². The van der Waals surface area contributed by atoms with Crippen LogP contribution in [0.5, 0.6) is 0 Å². The van der Waals surface area contributed by atoms with Crippen molar-refractivity contribution in [2.24, 2.45) is 22.9 Å². The average Bonchev–Trinajstić information content (AvgIpc) is 3.80. The molecule has 4 aromatic rings. The van der Waals surface area contributed by atoms with Crippen LogP contribution in [0.25, 0.3) is 10.9 Å². The van der Waals surface area contributed by atoms with E-state index < -0.39 is 114 Å². The van der Waals surface area contributed by atoms with E-state index in [0.29, 0.717) is 48.9 Å². The molecule has 0 saturated heterocycles. The molecule has 8 amide bonds. The van der Waals surface area contributed by atoms with Crippen molar-refractivity contribution in [3.05, 3.63) is 108 Å². The van der Waals surface area contributed by atoms with E-state index in [1.807, 2.05) is 12.1 Å². The zero-order chi connectivity index (χ0) is 55.7. The van der Waals surface area contributed by atoms with E-state index in [9.17, 15) is 53.4 Å². The van der Waals surface area contributed by atoms with E-state index in [1.54, 1.807) is 79.0 Å². The van der Waals surface area contributed by atoms with Crippen molar-refractivity contribution in [2.75, 3.05) is 18.8 Å². The van der Waals surface area contributed by atoms with Crippen molar-refractivity contribution in [1.29, 1.82) is 0 Å². The summed E-state index contributed by atoms with van der Waals surface area (Å²) in [6, 6.07) is 13.0. The van der Waals surface area contributed by atoms with Crippen LogP contribution in [0.4, 0.5) is 0 Å². The minimum atomic E-state index is -1.71. The number of hydrogen-bond acceptors (Lipinski definition) is 14. The first-order valence-electron chi connectivity index (χ1n) is 25.1. The number of aliphatic hydroxyl groups excluding tert-OH is 1. The Balaban J connectivity index is 1.71. The number of unbranched alkanes of at least 4 members (excludes halogenated alkanes) is 2. The van der Waals surface area contributed by atoms with Crippen LogP contribution in [0.1, 0.15) is 68.6 Å². The molecule has 1 heterocycles. The van der Waals surface area contributed by atoms with Crippen LogP contribution in [0, 0.1) is 0 Å². The number of rotatable bonds is 33. The van der Waals surface area contributed by atoms with Crippen LogP contribution in [-0.2, 0) is 62.4 Å². The summed E-state index contributed by atoms with van der Waals surface area (Å²) >= 11 is 4.06. The van der Waals surface area contributed by atoms with Gasteiger partial charge in [0.25, 0.3) is 0 Å². The lowest BCUT2D eigenvalue weighted by molar-refractivity contribution is -0.145. The molecule has 18 N–H and O–H groups in total. The van der Waals surface area contributed by atoms with Gasteiger partial charge in [0.1, 0.15) is 36.3 Å². The number of aromatic amines is 1. The first-order chi connectivity index (χ1) is 36.3. The first-order valence-corrected chi connectivity index (χ1v) is 25.7. The Hall–Kier alpha value is -7.38. The van der Waals surface area contributed by atoms with Gasteiger partial charge in [0.05, 0.1) is 18.6 Å². The third-order valence-electron chi connectivity index (χ3n) is 12.3. The summed E-state index contributed by atoms with van der Waals surface area (Å²) in [6.45, 7) is 1.74. The molecule has 0 bridgehead atoms. The first kappa shape index (κ1) is 61.2. The van der Waals surface area contributed by atoms with Crippen LogP contribution in [0.3, 0.4) is 0 Å². The molecule has 412 valence electrons. The number of nitrogens with two attached hydrogens (primary N) is 4. The largest absolute Gasteiger partial charge is 0.480 e. The minimum absolute atomic E-state index is 0.0108. The third-order valence-corrected chi connectivity index (χ3v) is 12.7. The Morgan fingerprint density at radius 1 is 0.553 bits per heavy atom. The molecule has 0 unspecified atom stereocenters. The number of thiol groups is 1. The van der Waals surface area contributed by atoms with Gasteiger partial charge < -0.3 is 75.3 Å². The number of amides is 8. The fraction of sp³-hybridized carbons (Fsp3) is 0.442. The standard InChI is InChI=1S/C52H72N12O11S/c1-30(65)44(52(74)75)64-47(69)38(21-11-13-23-54)59-50(72)41(26-33-28-57-36-19-9-8-18-34(33)36)62-49(71)40(25-32-16-6-3-7-17-32)60-48(70)39(24-31-14-4-2-5-15-31)61-51(73)42(27-43(56)66)63-46(68)37(20-10-12-22-53)58-45(67)35(55)29-76/h2-9,14-19,28,30,35,37-42,44,57,65,76H,10-13,20-27,29,53-55H2,1H3,(H2,56,66)(H,58,67)(H,59,72)(H,60,70)(H,61,73)(H,62,71)(H,63,68)(H,64,69)(H,74,75)/t30-,35+,37+,38+,39+,40+,41+,42+,44+/m1/s1. The molecule has 3 aromatic carbocycles. The highest BCUT2D eigenvalue weighted by Crippen LogP contribution is 2.20. The number of hydrogen-bond donors (Lipinski definition) is 15. The van der Waals surface area contributed by atoms with Crippen molar-refractivity contribution in [1.82, 2.24) is 42.2 Å². The molecule has 4 rings (SSSR count). The fourth-order valence-corrected chi connectivity index (χ4v) is 8.31. The maximum atomic E-state index is 14.8. The summed E-state index contributed by atoms with van der Waals surface area (Å²) in [4.78, 5) is 126. The lowest BCUT2D eigenvalue weighted by atomic mass is 10.00. The van der Waals surface area contributed by atoms with Crippen molar-refractivity contribution in [2.45, 2.75) is 126 Å². The number of carboxylic acids is 1. The van der Waals surface area contributed by atoms with E-state index in [4.69, 9.17) is 22.9 Å². The Labute approximate surface area is 446 Å². The number of benzene rings is 3. The molecule has 1 aromatic heterocycles. The highest BCUT2D eigenvalue weighted by atomic mass is 32.1. The van der Waals surface area contributed by atoms with E-state index in [0.717, 1.165) is 10.9 Å². The zero-order valence-corrected chi connectivity index (χ0v) is 43.3. The second-order valence-electron chi connectivity index (χ2n) is 18.4. The monoisotopic (exact) mass is 1070 g/mol. The Morgan fingerprint density at radius 3 is 1.42 bits per heavy atom. The Morgan fingerprint density at radius 2 is 0.961 bits per heavy atom. The van der Waals surface area contributed by atoms with Gasteiger partial charge in [-0.1, -0.05) is 78.9 Å². The number of carboxylic acid groups (broad SMARTS) is 1. The highest BCUT2D eigenvalue weighted by Gasteiger charge is 2.36. The number of H-pyrrole nitrogens is 1. The maximum absolute atomic E-state index is 14.8. The number of primary amides is 1. The van der Waals surface area contributed by atoms with E-state index in [2.05, 4.69) is 54.8 Å². The summed E-state index contributed by atoms with van der Waals surface area (Å²) in [5, 5.41) is 38.7. The summed E-state index contributed by atoms with van der Waals surface area (Å²) in [5.41, 5.74) is 25.3. The predicted octanol–water partition coefficient (Wildman–Crippen LogP) is -1.55. The average molecular weight is 1070 g/mol. The van der Waals surface area contributed by atoms with Crippen LogP contribution < -0.4 is 60.2 Å². The topological polar surface area (TPSA) is 398 Å². The lowest BCUT2D eigenvalue weighted by Gasteiger charge is -2.28. The molecule has 76 heavy (non-hydrogen) atoms. The second-order valence-corrected chi connectivity index (χ2v) is 18.8. The number of aliphatic hydroxyl groups is 1. The predicted molar refractivity (Wildman–Crippen MR) is 287 cm³/mol. The number of aromatic nitrogens is 1. The summed E-state index contributed by atoms with van der Waals surface area (Å²) in [6.07, 6.45) is 0.788. The molecule has 0 fully saturated rings. The van der Waals surface area contributed by atoms with Gasteiger partial charge in [0.2, 0.25) is 47.3 Å². The second kappa shape index (κ2) is 31.5. The fourth-order valence-electron chi connectivity index (χ4n) is 8.15. The quantitative estimate of drug-likeness (QED) is 0.0190. The van der Waals surface area contributed by atoms with Crippen molar-refractivity contribution in [3.63, 3.8) is 0 Å². The molecule has 0 saturated carbocycles. The van der Waals surface area contributed by atoms with E-state index in [-0.39, 0.29) is 44.4 Å². The van der Waals surface area contributed by atoms with Gasteiger partial charge in [-0.05, 0) is 81.3 Å². The molecule has 0 aliphatic heterocycles. The van der Waals surface area contributed by atoms with Gasteiger partial charge in [0, 0.05) is 42.1 Å². The molecule has 9 atom stereocenters. The number of carbonyl (C=O) groups excluding carboxylic acids is 8. The molecule has 0 aliphatic rings. The van der Waals surface area contributed by atoms with Gasteiger partial charge in [-0.25, -0.2) is 4.79 Å². The molecule has 0 aliphatic carbocycles. The Bertz CT molecular complexity index is 2570. The van der Waals surface area contributed by atoms with Gasteiger partial charge in [-0.15, -0.1) is 0 Å². The van der Waals surface area contributed by atoms with Gasteiger partial charge in [-0.2, -0.15) is 12.6 Å². The van der Waals surface area contributed by atoms with Crippen LogP contribution in [-0.4, -0.2) is 142 Å². The highest BCUT2D eigenvalue weighted by molar-refractivity contribution is 7.80. The van der Waals surface area contributed by atoms with Crippen molar-refractivity contribution >= 4 is 76.8 Å². The third kappa shape index (κ3) is 19.7. The van der Waals surface area contributed by atoms with Crippen LogP contribution in [0.15, 0.2) is 91.1 Å². The van der Waals surface area contributed by atoms with Crippen molar-refractivity contribution < 1.29 is 53.4 Å². The molecular formula is C52H72N12O11S. The molecule has 23 nitrogen and oxygen atoms in total. The molecular weight excluding hydrogens is 1000 g/mol. The smallest absolute Gasteiger partial charge is 0.328 e. The minimum Gasteiger partial charge on any atom is -0.480 e. The van der Waals surface area contributed by atoms with E-state index >= 15 is 0 Å². The van der Waals surface area contributed by atoms with Gasteiger partial charge in [0.15, 0.2) is 6.04 Å². The van der Waals surface area contributed by atoms with Gasteiger partial charge in [-0.3, -0.25) is 38.4 Å². The molecule has 24 heteroatoms. The number of carbonyl (C=O) groups is 9. The SMILES string of the molecule is C[C@@H](O)[C@H](NC(=O)[C@H](CCCCN)NC(=O)[C@H](Cc1c[nH]c2ccccc12)NC(=O)[C@H](Cc1ccccc1)NC(=O)[C@H](Cc1ccccc1)NC(=O)[C@H](CC(N)=O)NC(=O)[C@H](CCCCN)NC(=O)[C@@H](N)CS)C(=O)O.